The largest absolute Gasteiger partial charge is 0.320 e. The summed E-state index contributed by atoms with van der Waals surface area (Å²) in [6.07, 6.45) is 7.44. The van der Waals surface area contributed by atoms with Crippen molar-refractivity contribution in [2.75, 3.05) is 19.6 Å². The van der Waals surface area contributed by atoms with Gasteiger partial charge in [0, 0.05) is 18.9 Å². The van der Waals surface area contributed by atoms with Crippen LogP contribution in [-0.2, 0) is 0 Å². The summed E-state index contributed by atoms with van der Waals surface area (Å²) in [6, 6.07) is 1.77. The highest BCUT2D eigenvalue weighted by molar-refractivity contribution is 4.95. The minimum absolute atomic E-state index is 0.0516. The van der Waals surface area contributed by atoms with Crippen molar-refractivity contribution in [2.24, 2.45) is 5.73 Å². The smallest absolute Gasteiger partial charge is 0.146 e. The Hall–Kier alpha value is -1.00. The molecule has 0 amide bonds. The van der Waals surface area contributed by atoms with Crippen LogP contribution < -0.4 is 5.73 Å². The predicted molar refractivity (Wildman–Crippen MR) is 59.3 cm³/mol. The van der Waals surface area contributed by atoms with E-state index < -0.39 is 0 Å². The lowest BCUT2D eigenvalue weighted by molar-refractivity contribution is 0.214. The number of hydrogen-bond acceptors (Lipinski definition) is 4. The van der Waals surface area contributed by atoms with Gasteiger partial charge in [-0.15, -0.1) is 0 Å². The molecule has 1 aromatic heterocycles. The third-order valence-electron chi connectivity index (χ3n) is 2.82. The minimum Gasteiger partial charge on any atom is -0.320 e. The van der Waals surface area contributed by atoms with Crippen LogP contribution in [0.1, 0.15) is 31.1 Å². The number of likely N-dealkylation sites (tertiary alicyclic amines) is 1. The number of rotatable bonds is 3. The highest BCUT2D eigenvalue weighted by Gasteiger charge is 2.16. The van der Waals surface area contributed by atoms with Gasteiger partial charge in [-0.25, -0.2) is 9.97 Å². The van der Waals surface area contributed by atoms with Crippen molar-refractivity contribution in [1.29, 1.82) is 0 Å². The van der Waals surface area contributed by atoms with E-state index in [1.165, 1.54) is 32.4 Å². The average Bonchev–Trinajstić information content (AvgIpc) is 2.31. The van der Waals surface area contributed by atoms with E-state index in [-0.39, 0.29) is 6.04 Å². The summed E-state index contributed by atoms with van der Waals surface area (Å²) >= 11 is 0. The Morgan fingerprint density at radius 1 is 1.20 bits per heavy atom. The maximum atomic E-state index is 6.06. The SMILES string of the molecule is NC(CN1CCCCC1)c1ncccn1. The average molecular weight is 206 g/mol. The Morgan fingerprint density at radius 3 is 2.53 bits per heavy atom. The molecular formula is C11H18N4. The molecule has 0 spiro atoms. The van der Waals surface area contributed by atoms with Gasteiger partial charge in [-0.1, -0.05) is 6.42 Å². The molecule has 1 aliphatic heterocycles. The zero-order valence-corrected chi connectivity index (χ0v) is 8.97. The van der Waals surface area contributed by atoms with Crippen LogP contribution in [0.15, 0.2) is 18.5 Å². The van der Waals surface area contributed by atoms with E-state index in [2.05, 4.69) is 14.9 Å². The number of piperidine rings is 1. The summed E-state index contributed by atoms with van der Waals surface area (Å²) in [5.41, 5.74) is 6.06. The van der Waals surface area contributed by atoms with Crippen LogP contribution in [0.2, 0.25) is 0 Å². The molecule has 4 heteroatoms. The third kappa shape index (κ3) is 2.97. The summed E-state index contributed by atoms with van der Waals surface area (Å²) in [5.74, 6) is 0.753. The minimum atomic E-state index is -0.0516. The van der Waals surface area contributed by atoms with Crippen molar-refractivity contribution >= 4 is 0 Å². The number of hydrogen-bond donors (Lipinski definition) is 1. The van der Waals surface area contributed by atoms with Gasteiger partial charge >= 0.3 is 0 Å². The molecule has 2 N–H and O–H groups in total. The third-order valence-corrected chi connectivity index (χ3v) is 2.82. The Bertz CT molecular complexity index is 282. The number of nitrogens with zero attached hydrogens (tertiary/aromatic N) is 3. The van der Waals surface area contributed by atoms with Crippen LogP contribution in [0, 0.1) is 0 Å². The topological polar surface area (TPSA) is 55.0 Å². The van der Waals surface area contributed by atoms with Gasteiger partial charge in [-0.3, -0.25) is 0 Å². The Balaban J connectivity index is 1.88. The molecule has 0 radical (unpaired) electrons. The number of nitrogens with two attached hydrogens (primary N) is 1. The van der Waals surface area contributed by atoms with Crippen LogP contribution in [0.25, 0.3) is 0 Å². The number of aromatic nitrogens is 2. The van der Waals surface area contributed by atoms with Gasteiger partial charge in [-0.05, 0) is 32.0 Å². The molecule has 15 heavy (non-hydrogen) atoms. The lowest BCUT2D eigenvalue weighted by Crippen LogP contribution is -2.36. The van der Waals surface area contributed by atoms with E-state index in [0.717, 1.165) is 12.4 Å². The van der Waals surface area contributed by atoms with E-state index in [9.17, 15) is 0 Å². The summed E-state index contributed by atoms with van der Waals surface area (Å²) in [6.45, 7) is 3.21. The quantitative estimate of drug-likeness (QED) is 0.800. The van der Waals surface area contributed by atoms with Crippen molar-refractivity contribution in [3.63, 3.8) is 0 Å². The fraction of sp³-hybridized carbons (Fsp3) is 0.636. The normalized spacial score (nSPS) is 20.1. The zero-order valence-electron chi connectivity index (χ0n) is 8.97. The van der Waals surface area contributed by atoms with Crippen molar-refractivity contribution < 1.29 is 0 Å². The summed E-state index contributed by atoms with van der Waals surface area (Å²) < 4.78 is 0. The van der Waals surface area contributed by atoms with Gasteiger partial charge in [-0.2, -0.15) is 0 Å². The van der Waals surface area contributed by atoms with E-state index in [4.69, 9.17) is 5.73 Å². The van der Waals surface area contributed by atoms with Crippen LogP contribution >= 0.6 is 0 Å². The van der Waals surface area contributed by atoms with Gasteiger partial charge in [0.2, 0.25) is 0 Å². The highest BCUT2D eigenvalue weighted by Crippen LogP contribution is 2.12. The Labute approximate surface area is 90.5 Å². The van der Waals surface area contributed by atoms with Crippen molar-refractivity contribution in [3.8, 4) is 0 Å². The molecule has 0 aliphatic carbocycles. The lowest BCUT2D eigenvalue weighted by Gasteiger charge is -2.28. The maximum Gasteiger partial charge on any atom is 0.146 e. The van der Waals surface area contributed by atoms with Crippen molar-refractivity contribution in [1.82, 2.24) is 14.9 Å². The first-order valence-electron chi connectivity index (χ1n) is 5.61. The molecule has 0 bridgehead atoms. The second-order valence-corrected chi connectivity index (χ2v) is 4.07. The molecule has 2 heterocycles. The molecule has 1 fully saturated rings. The van der Waals surface area contributed by atoms with E-state index in [1.54, 1.807) is 12.4 Å². The van der Waals surface area contributed by atoms with E-state index in [0.29, 0.717) is 0 Å². The van der Waals surface area contributed by atoms with Crippen LogP contribution in [-0.4, -0.2) is 34.5 Å². The fourth-order valence-corrected chi connectivity index (χ4v) is 2.00. The van der Waals surface area contributed by atoms with Crippen molar-refractivity contribution in [2.45, 2.75) is 25.3 Å². The summed E-state index contributed by atoms with van der Waals surface area (Å²) in [5, 5.41) is 0. The second kappa shape index (κ2) is 5.19. The standard InChI is InChI=1S/C11H18N4/c12-10(11-13-5-4-6-14-11)9-15-7-2-1-3-8-15/h4-6,10H,1-3,7-9,12H2. The monoisotopic (exact) mass is 206 g/mol. The first kappa shape index (κ1) is 10.5. The molecule has 4 nitrogen and oxygen atoms in total. The molecule has 1 aliphatic rings. The molecule has 1 saturated heterocycles. The zero-order chi connectivity index (χ0) is 10.5. The van der Waals surface area contributed by atoms with Gasteiger partial charge in [0.1, 0.15) is 5.82 Å². The predicted octanol–water partition coefficient (Wildman–Crippen LogP) is 0.962. The first-order valence-corrected chi connectivity index (χ1v) is 5.61. The maximum absolute atomic E-state index is 6.06. The van der Waals surface area contributed by atoms with Crippen LogP contribution in [0.3, 0.4) is 0 Å². The summed E-state index contributed by atoms with van der Waals surface area (Å²) in [7, 11) is 0. The molecule has 2 rings (SSSR count). The lowest BCUT2D eigenvalue weighted by atomic mass is 10.1. The molecule has 1 aromatic rings. The van der Waals surface area contributed by atoms with Crippen LogP contribution in [0.4, 0.5) is 0 Å². The molecule has 1 unspecified atom stereocenters. The van der Waals surface area contributed by atoms with Gasteiger partial charge in [0.15, 0.2) is 0 Å². The molecular weight excluding hydrogens is 188 g/mol. The molecule has 0 aromatic carbocycles. The first-order chi connectivity index (χ1) is 7.36. The van der Waals surface area contributed by atoms with Crippen molar-refractivity contribution in [3.05, 3.63) is 24.3 Å². The molecule has 1 atom stereocenters. The Kier molecular flexibility index (Phi) is 3.64. The van der Waals surface area contributed by atoms with Crippen LogP contribution in [0.5, 0.6) is 0 Å². The Morgan fingerprint density at radius 2 is 1.87 bits per heavy atom. The second-order valence-electron chi connectivity index (χ2n) is 4.07. The van der Waals surface area contributed by atoms with E-state index in [1.807, 2.05) is 6.07 Å². The highest BCUT2D eigenvalue weighted by atomic mass is 15.1. The molecule has 82 valence electrons. The fourth-order valence-electron chi connectivity index (χ4n) is 2.00. The van der Waals surface area contributed by atoms with E-state index >= 15 is 0 Å². The van der Waals surface area contributed by atoms with Gasteiger partial charge in [0.05, 0.1) is 6.04 Å². The summed E-state index contributed by atoms with van der Waals surface area (Å²) in [4.78, 5) is 10.8. The molecule has 0 saturated carbocycles. The van der Waals surface area contributed by atoms with Gasteiger partial charge in [0.25, 0.3) is 0 Å². The van der Waals surface area contributed by atoms with Gasteiger partial charge < -0.3 is 10.6 Å².